The van der Waals surface area contributed by atoms with E-state index in [2.05, 4.69) is 107 Å². The molecule has 0 aromatic heterocycles. The van der Waals surface area contributed by atoms with E-state index < -0.39 is 25.8 Å². The molecule has 0 aliphatic rings. The fraction of sp³-hybridized carbons (Fsp3) is 0.444. The molecule has 0 fully saturated rings. The fourth-order valence-corrected chi connectivity index (χ4v) is 6.51. The molecular formula is C45H59O6P. The van der Waals surface area contributed by atoms with Gasteiger partial charge in [-0.3, -0.25) is 0 Å². The molecule has 0 N–H and O–H groups in total. The Balaban J connectivity index is 2.14. The van der Waals surface area contributed by atoms with Gasteiger partial charge in [0.2, 0.25) is 0 Å². The Hall–Kier alpha value is -4.02. The molecule has 0 radical (unpaired) electrons. The van der Waals surface area contributed by atoms with Crippen LogP contribution in [0.3, 0.4) is 0 Å². The fourth-order valence-electron chi connectivity index (χ4n) is 5.47. The summed E-state index contributed by atoms with van der Waals surface area (Å²) >= 11 is 0. The predicted octanol–water partition coefficient (Wildman–Crippen LogP) is 13.6. The third-order valence-corrected chi connectivity index (χ3v) is 9.45. The molecule has 280 valence electrons. The topological polar surface area (TPSA) is 63.2 Å². The second-order valence-corrected chi connectivity index (χ2v) is 19.5. The van der Waals surface area contributed by atoms with Gasteiger partial charge in [0, 0.05) is 22.3 Å². The molecule has 4 aromatic rings. The third kappa shape index (κ3) is 10.8. The van der Waals surface area contributed by atoms with Crippen LogP contribution in [0.4, 0.5) is 4.79 Å². The molecule has 4 rings (SSSR count). The Kier molecular flexibility index (Phi) is 11.9. The van der Waals surface area contributed by atoms with Crippen molar-refractivity contribution in [2.45, 2.75) is 131 Å². The molecular weight excluding hydrogens is 667 g/mol. The Morgan fingerprint density at radius 2 is 0.865 bits per heavy atom. The van der Waals surface area contributed by atoms with Crippen LogP contribution in [0, 0.1) is 0 Å². The molecule has 0 saturated heterocycles. The van der Waals surface area contributed by atoms with Crippen molar-refractivity contribution < 1.29 is 27.8 Å². The summed E-state index contributed by atoms with van der Waals surface area (Å²) in [5.74, 6) is 2.27. The van der Waals surface area contributed by atoms with Crippen LogP contribution in [0.25, 0.3) is 11.1 Å². The van der Waals surface area contributed by atoms with Gasteiger partial charge in [0.1, 0.15) is 28.6 Å². The summed E-state index contributed by atoms with van der Waals surface area (Å²) < 4.78 is 32.2. The highest BCUT2D eigenvalue weighted by atomic mass is 31.2. The Morgan fingerprint density at radius 3 is 1.23 bits per heavy atom. The van der Waals surface area contributed by atoms with E-state index in [1.807, 2.05) is 81.4 Å². The van der Waals surface area contributed by atoms with Crippen LogP contribution in [0.2, 0.25) is 0 Å². The molecule has 0 atom stereocenters. The van der Waals surface area contributed by atoms with Gasteiger partial charge in [-0.1, -0.05) is 132 Å². The zero-order valence-corrected chi connectivity index (χ0v) is 34.9. The molecule has 0 spiro atoms. The van der Waals surface area contributed by atoms with Gasteiger partial charge in [0.05, 0.1) is 0 Å². The molecule has 52 heavy (non-hydrogen) atoms. The second kappa shape index (κ2) is 15.1. The summed E-state index contributed by atoms with van der Waals surface area (Å²) in [6.07, 6.45) is -0.768. The van der Waals surface area contributed by atoms with E-state index in [0.29, 0.717) is 23.0 Å². The molecule has 7 heteroatoms. The van der Waals surface area contributed by atoms with E-state index in [1.165, 1.54) is 0 Å². The highest BCUT2D eigenvalue weighted by Crippen LogP contribution is 2.53. The number of benzene rings is 4. The largest absolute Gasteiger partial charge is 0.530 e. The van der Waals surface area contributed by atoms with Crippen molar-refractivity contribution >= 4 is 14.8 Å². The van der Waals surface area contributed by atoms with Crippen molar-refractivity contribution in [3.05, 3.63) is 107 Å². The second-order valence-electron chi connectivity index (χ2n) is 18.5. The highest BCUT2D eigenvalue weighted by molar-refractivity contribution is 7.43. The smallest absolute Gasteiger partial charge is 0.428 e. The lowest BCUT2D eigenvalue weighted by molar-refractivity contribution is 0.0204. The van der Waals surface area contributed by atoms with Crippen molar-refractivity contribution in [2.75, 3.05) is 0 Å². The summed E-state index contributed by atoms with van der Waals surface area (Å²) in [7, 11) is -2.03. The lowest BCUT2D eigenvalue weighted by Crippen LogP contribution is -2.27. The van der Waals surface area contributed by atoms with Gasteiger partial charge in [0.15, 0.2) is 0 Å². The van der Waals surface area contributed by atoms with Gasteiger partial charge >= 0.3 is 14.8 Å². The zero-order valence-electron chi connectivity index (χ0n) is 34.0. The summed E-state index contributed by atoms with van der Waals surface area (Å²) in [6, 6.07) is 27.8. The van der Waals surface area contributed by atoms with Gasteiger partial charge < -0.3 is 23.0 Å². The average Bonchev–Trinajstić information content (AvgIpc) is 2.99. The monoisotopic (exact) mass is 726 g/mol. The quantitative estimate of drug-likeness (QED) is 0.102. The van der Waals surface area contributed by atoms with Gasteiger partial charge in [0.25, 0.3) is 0 Å². The Morgan fingerprint density at radius 1 is 0.481 bits per heavy atom. The van der Waals surface area contributed by atoms with Crippen LogP contribution in [0.15, 0.2) is 84.9 Å². The van der Waals surface area contributed by atoms with E-state index in [4.69, 9.17) is 23.0 Å². The number of hydrogen-bond acceptors (Lipinski definition) is 6. The van der Waals surface area contributed by atoms with Crippen LogP contribution in [-0.2, 0) is 26.4 Å². The van der Waals surface area contributed by atoms with Crippen molar-refractivity contribution in [3.8, 4) is 34.1 Å². The number of hydrogen-bond donors (Lipinski definition) is 0. The first kappa shape index (κ1) is 40.7. The number of carbonyl (C=O) groups excluding carboxylic acids is 1. The molecule has 0 unspecified atom stereocenters. The minimum absolute atomic E-state index is 0.222. The maximum absolute atomic E-state index is 13.6. The van der Waals surface area contributed by atoms with Gasteiger partial charge in [-0.05, 0) is 90.0 Å². The third-order valence-electron chi connectivity index (χ3n) is 8.40. The normalized spacial score (nSPS) is 12.8. The molecule has 0 aliphatic heterocycles. The Labute approximate surface area is 314 Å². The average molecular weight is 727 g/mol. The minimum Gasteiger partial charge on any atom is -0.428 e. The standard InChI is InChI=1S/C45H59O6P/c1-41(2,3)30-26-34(38(36(28-30)43(7,8)9)47-40(46)48-45(13,14)15)35-27-31(42(4,5)6)29-37(44(10,11)12)39(35)51-52(49-32-22-18-16-19-23-32)50-33-24-20-17-21-25-33/h16-29H,1-15H3. The molecule has 4 aromatic carbocycles. The number of para-hydroxylation sites is 2. The van der Waals surface area contributed by atoms with Gasteiger partial charge in [-0.2, -0.15) is 0 Å². The molecule has 0 bridgehead atoms. The lowest BCUT2D eigenvalue weighted by atomic mass is 9.75. The van der Waals surface area contributed by atoms with E-state index in [0.717, 1.165) is 33.4 Å². The van der Waals surface area contributed by atoms with Crippen LogP contribution in [0.1, 0.15) is 126 Å². The van der Waals surface area contributed by atoms with Crippen LogP contribution >= 0.6 is 8.60 Å². The van der Waals surface area contributed by atoms with E-state index >= 15 is 0 Å². The van der Waals surface area contributed by atoms with Crippen LogP contribution < -0.4 is 18.3 Å². The summed E-state index contributed by atoms with van der Waals surface area (Å²) in [5.41, 5.74) is 3.59. The maximum Gasteiger partial charge on any atom is 0.530 e. The SMILES string of the molecule is CC(C)(C)OC(=O)Oc1c(-c2cc(C(C)(C)C)cc(C(C)(C)C)c2OP(Oc2ccccc2)Oc2ccccc2)cc(C(C)(C)C)cc1C(C)(C)C. The van der Waals surface area contributed by atoms with Crippen molar-refractivity contribution in [2.24, 2.45) is 0 Å². The van der Waals surface area contributed by atoms with E-state index in [1.54, 1.807) is 0 Å². The van der Waals surface area contributed by atoms with Gasteiger partial charge in [-0.25, -0.2) is 4.79 Å². The summed E-state index contributed by atoms with van der Waals surface area (Å²) in [6.45, 7) is 31.6. The zero-order chi connectivity index (χ0) is 38.9. The first-order chi connectivity index (χ1) is 23.8. The van der Waals surface area contributed by atoms with Crippen molar-refractivity contribution in [1.29, 1.82) is 0 Å². The van der Waals surface area contributed by atoms with Crippen LogP contribution in [-0.4, -0.2) is 11.8 Å². The van der Waals surface area contributed by atoms with Crippen LogP contribution in [0.5, 0.6) is 23.0 Å². The molecule has 6 nitrogen and oxygen atoms in total. The molecule has 0 aliphatic carbocycles. The maximum atomic E-state index is 13.6. The number of carbonyl (C=O) groups is 1. The number of rotatable bonds is 8. The minimum atomic E-state index is -2.03. The van der Waals surface area contributed by atoms with Gasteiger partial charge in [-0.15, -0.1) is 0 Å². The Bertz CT molecular complexity index is 1790. The molecule has 0 heterocycles. The summed E-state index contributed by atoms with van der Waals surface area (Å²) in [5, 5.41) is 0. The summed E-state index contributed by atoms with van der Waals surface area (Å²) in [4.78, 5) is 13.6. The van der Waals surface area contributed by atoms with E-state index in [-0.39, 0.29) is 16.2 Å². The predicted molar refractivity (Wildman–Crippen MR) is 215 cm³/mol. The van der Waals surface area contributed by atoms with E-state index in [9.17, 15) is 4.79 Å². The first-order valence-corrected chi connectivity index (χ1v) is 19.2. The lowest BCUT2D eigenvalue weighted by Gasteiger charge is -2.33. The van der Waals surface area contributed by atoms with Crippen molar-refractivity contribution in [1.82, 2.24) is 0 Å². The van der Waals surface area contributed by atoms with Crippen molar-refractivity contribution in [3.63, 3.8) is 0 Å². The number of ether oxygens (including phenoxy) is 2. The molecule has 0 amide bonds. The molecule has 0 saturated carbocycles. The highest BCUT2D eigenvalue weighted by Gasteiger charge is 2.35. The first-order valence-electron chi connectivity index (χ1n) is 18.1.